The number of rotatable bonds is 5. The molecule has 0 bridgehead atoms. The summed E-state index contributed by atoms with van der Waals surface area (Å²) in [5.74, 6) is 0.428. The molecule has 17 heavy (non-hydrogen) atoms. The van der Waals surface area contributed by atoms with Crippen LogP contribution in [0.5, 0.6) is 0 Å². The minimum atomic E-state index is -0.105. The highest BCUT2D eigenvalue weighted by atomic mass is 32.1. The van der Waals surface area contributed by atoms with Crippen LogP contribution in [-0.4, -0.2) is 41.0 Å². The van der Waals surface area contributed by atoms with E-state index in [1.165, 1.54) is 6.20 Å². The van der Waals surface area contributed by atoms with Gasteiger partial charge in [-0.05, 0) is 6.92 Å². The second kappa shape index (κ2) is 6.09. The van der Waals surface area contributed by atoms with Crippen molar-refractivity contribution in [3.05, 3.63) is 18.1 Å². The van der Waals surface area contributed by atoms with Crippen molar-refractivity contribution < 1.29 is 4.79 Å². The van der Waals surface area contributed by atoms with Crippen molar-refractivity contribution in [2.24, 2.45) is 5.73 Å². The number of aromatic nitrogens is 2. The van der Waals surface area contributed by atoms with E-state index < -0.39 is 0 Å². The Morgan fingerprint density at radius 1 is 1.53 bits per heavy atom. The number of hydrogen-bond donors (Lipinski definition) is 2. The van der Waals surface area contributed by atoms with Crippen molar-refractivity contribution in [3.63, 3.8) is 0 Å². The minimum absolute atomic E-state index is 0.105. The van der Waals surface area contributed by atoms with E-state index in [0.717, 1.165) is 0 Å². The molecule has 1 rings (SSSR count). The van der Waals surface area contributed by atoms with E-state index in [2.05, 4.69) is 15.3 Å². The van der Waals surface area contributed by atoms with Crippen LogP contribution in [0, 0.1) is 0 Å². The first kappa shape index (κ1) is 13.3. The van der Waals surface area contributed by atoms with Gasteiger partial charge in [-0.2, -0.15) is 0 Å². The lowest BCUT2D eigenvalue weighted by Gasteiger charge is -2.22. The number of likely N-dealkylation sites (N-methyl/N-ethyl adjacent to an activating group) is 2. The molecule has 1 aromatic rings. The fraction of sp³-hybridized carbons (Fsp3) is 0.400. The molecule has 0 unspecified atom stereocenters. The summed E-state index contributed by atoms with van der Waals surface area (Å²) < 4.78 is 0. The van der Waals surface area contributed by atoms with Crippen LogP contribution in [0.3, 0.4) is 0 Å². The van der Waals surface area contributed by atoms with Crippen LogP contribution in [-0.2, 0) is 4.79 Å². The van der Waals surface area contributed by atoms with E-state index in [9.17, 15) is 4.79 Å². The molecule has 0 aliphatic carbocycles. The molecular formula is C10H15N5OS. The Kier molecular flexibility index (Phi) is 4.77. The highest BCUT2D eigenvalue weighted by Crippen LogP contribution is 2.14. The van der Waals surface area contributed by atoms with Crippen molar-refractivity contribution >= 4 is 28.9 Å². The van der Waals surface area contributed by atoms with Crippen LogP contribution in [0.15, 0.2) is 12.4 Å². The molecule has 1 heterocycles. The van der Waals surface area contributed by atoms with Crippen LogP contribution in [0.2, 0.25) is 0 Å². The Balaban J connectivity index is 3.03. The summed E-state index contributed by atoms with van der Waals surface area (Å²) >= 11 is 4.91. The molecule has 1 amide bonds. The van der Waals surface area contributed by atoms with E-state index in [4.69, 9.17) is 18.0 Å². The molecule has 0 aliphatic heterocycles. The van der Waals surface area contributed by atoms with Gasteiger partial charge in [-0.15, -0.1) is 0 Å². The maximum absolute atomic E-state index is 11.4. The van der Waals surface area contributed by atoms with Gasteiger partial charge in [0.1, 0.15) is 10.7 Å². The van der Waals surface area contributed by atoms with E-state index >= 15 is 0 Å². The van der Waals surface area contributed by atoms with Gasteiger partial charge >= 0.3 is 0 Å². The first-order valence-corrected chi connectivity index (χ1v) is 5.57. The average Bonchev–Trinajstić information content (AvgIpc) is 2.35. The zero-order valence-corrected chi connectivity index (χ0v) is 10.6. The number of anilines is 1. The number of nitrogens with two attached hydrogens (primary N) is 1. The Labute approximate surface area is 105 Å². The van der Waals surface area contributed by atoms with Crippen molar-refractivity contribution in [2.75, 3.05) is 25.0 Å². The predicted molar refractivity (Wildman–Crippen MR) is 69.9 cm³/mol. The number of hydrogen-bond acceptors (Lipinski definition) is 5. The zero-order valence-electron chi connectivity index (χ0n) is 9.80. The standard InChI is InChI=1S/C10H15N5OS/c1-3-15(6-7(16)12-2)10-8(9(11)17)13-4-5-14-10/h4-5H,3,6H2,1-2H3,(H2,11,17)(H,12,16). The summed E-state index contributed by atoms with van der Waals surface area (Å²) in [6.07, 6.45) is 3.06. The van der Waals surface area contributed by atoms with Crippen molar-refractivity contribution in [1.29, 1.82) is 0 Å². The lowest BCUT2D eigenvalue weighted by Crippen LogP contribution is -2.37. The Morgan fingerprint density at radius 2 is 2.18 bits per heavy atom. The second-order valence-electron chi connectivity index (χ2n) is 3.28. The fourth-order valence-corrected chi connectivity index (χ4v) is 1.47. The molecular weight excluding hydrogens is 238 g/mol. The maximum Gasteiger partial charge on any atom is 0.239 e. The molecule has 0 atom stereocenters. The van der Waals surface area contributed by atoms with Gasteiger partial charge in [-0.1, -0.05) is 12.2 Å². The Bertz CT molecular complexity index is 423. The van der Waals surface area contributed by atoms with Gasteiger partial charge in [-0.25, -0.2) is 9.97 Å². The van der Waals surface area contributed by atoms with Gasteiger partial charge in [0.2, 0.25) is 5.91 Å². The summed E-state index contributed by atoms with van der Waals surface area (Å²) in [6, 6.07) is 0. The summed E-state index contributed by atoms with van der Waals surface area (Å²) in [5.41, 5.74) is 6.01. The maximum atomic E-state index is 11.4. The van der Waals surface area contributed by atoms with Crippen LogP contribution in [0.4, 0.5) is 5.82 Å². The summed E-state index contributed by atoms with van der Waals surface area (Å²) in [7, 11) is 1.58. The molecule has 1 aromatic heterocycles. The highest BCUT2D eigenvalue weighted by Gasteiger charge is 2.16. The van der Waals surface area contributed by atoms with Gasteiger partial charge in [0.25, 0.3) is 0 Å². The summed E-state index contributed by atoms with van der Waals surface area (Å²) in [5, 5.41) is 2.56. The Morgan fingerprint density at radius 3 is 2.71 bits per heavy atom. The van der Waals surface area contributed by atoms with Crippen LogP contribution >= 0.6 is 12.2 Å². The number of amides is 1. The van der Waals surface area contributed by atoms with E-state index in [1.807, 2.05) is 6.92 Å². The van der Waals surface area contributed by atoms with Crippen molar-refractivity contribution in [1.82, 2.24) is 15.3 Å². The fourth-order valence-electron chi connectivity index (χ4n) is 1.32. The quantitative estimate of drug-likeness (QED) is 0.700. The topological polar surface area (TPSA) is 84.1 Å². The van der Waals surface area contributed by atoms with Crippen LogP contribution < -0.4 is 16.0 Å². The molecule has 7 heteroatoms. The molecule has 0 fully saturated rings. The zero-order chi connectivity index (χ0) is 12.8. The lowest BCUT2D eigenvalue weighted by molar-refractivity contribution is -0.119. The highest BCUT2D eigenvalue weighted by molar-refractivity contribution is 7.80. The number of thiocarbonyl (C=S) groups is 1. The molecule has 0 saturated heterocycles. The van der Waals surface area contributed by atoms with Gasteiger partial charge in [0.05, 0.1) is 6.54 Å². The van der Waals surface area contributed by atoms with Crippen molar-refractivity contribution in [3.8, 4) is 0 Å². The number of carbonyl (C=O) groups excluding carboxylic acids is 1. The van der Waals surface area contributed by atoms with Crippen molar-refractivity contribution in [2.45, 2.75) is 6.92 Å². The number of nitrogens with one attached hydrogen (secondary N) is 1. The molecule has 6 nitrogen and oxygen atoms in total. The minimum Gasteiger partial charge on any atom is -0.388 e. The molecule has 3 N–H and O–H groups in total. The van der Waals surface area contributed by atoms with Crippen LogP contribution in [0.25, 0.3) is 0 Å². The predicted octanol–water partition coefficient (Wildman–Crippen LogP) is -0.317. The number of nitrogens with zero attached hydrogens (tertiary/aromatic N) is 3. The molecule has 0 spiro atoms. The third-order valence-electron chi connectivity index (χ3n) is 2.21. The molecule has 0 radical (unpaired) electrons. The Hall–Kier alpha value is -1.76. The lowest BCUT2D eigenvalue weighted by atomic mass is 10.3. The molecule has 0 aromatic carbocycles. The molecule has 0 saturated carbocycles. The largest absolute Gasteiger partial charge is 0.388 e. The second-order valence-corrected chi connectivity index (χ2v) is 3.72. The SMILES string of the molecule is CCN(CC(=O)NC)c1nccnc1C(N)=S. The molecule has 92 valence electrons. The van der Waals surface area contributed by atoms with E-state index in [-0.39, 0.29) is 17.4 Å². The van der Waals surface area contributed by atoms with Gasteiger partial charge in [0, 0.05) is 26.0 Å². The number of carbonyl (C=O) groups is 1. The third kappa shape index (κ3) is 3.35. The van der Waals surface area contributed by atoms with E-state index in [1.54, 1.807) is 18.1 Å². The monoisotopic (exact) mass is 253 g/mol. The average molecular weight is 253 g/mol. The van der Waals surface area contributed by atoms with Gasteiger partial charge in [0.15, 0.2) is 5.82 Å². The first-order valence-electron chi connectivity index (χ1n) is 5.16. The normalized spacial score (nSPS) is 9.76. The van der Waals surface area contributed by atoms with Gasteiger partial charge < -0.3 is 16.0 Å². The molecule has 0 aliphatic rings. The van der Waals surface area contributed by atoms with Crippen LogP contribution in [0.1, 0.15) is 12.6 Å². The van der Waals surface area contributed by atoms with Gasteiger partial charge in [-0.3, -0.25) is 4.79 Å². The smallest absolute Gasteiger partial charge is 0.239 e. The van der Waals surface area contributed by atoms with E-state index in [0.29, 0.717) is 18.1 Å². The summed E-state index contributed by atoms with van der Waals surface area (Å²) in [6.45, 7) is 2.73. The first-order chi connectivity index (χ1) is 8.10. The third-order valence-corrected chi connectivity index (χ3v) is 2.40. The summed E-state index contributed by atoms with van der Waals surface area (Å²) in [4.78, 5) is 21.6.